The summed E-state index contributed by atoms with van der Waals surface area (Å²) < 4.78 is 54.7. The van der Waals surface area contributed by atoms with E-state index in [4.69, 9.17) is 37.2 Å². The van der Waals surface area contributed by atoms with Gasteiger partial charge < -0.3 is 0 Å². The second-order valence-corrected chi connectivity index (χ2v) is 29.1. The Bertz CT molecular complexity index is 2710. The van der Waals surface area contributed by atoms with E-state index < -0.39 is 79.3 Å². The van der Waals surface area contributed by atoms with Gasteiger partial charge in [0.2, 0.25) is 0 Å². The van der Waals surface area contributed by atoms with Gasteiger partial charge in [0.05, 0.1) is 14.2 Å². The van der Waals surface area contributed by atoms with Crippen LogP contribution in [-0.4, -0.2) is 101 Å². The van der Waals surface area contributed by atoms with E-state index in [-0.39, 0.29) is 24.7 Å². The number of hydrogen-bond acceptors (Lipinski definition) is 12. The molecule has 1 unspecified atom stereocenters. The summed E-state index contributed by atoms with van der Waals surface area (Å²) in [5.74, 6) is -1.52. The van der Waals surface area contributed by atoms with Crippen LogP contribution in [0.2, 0.25) is 18.1 Å². The van der Waals surface area contributed by atoms with Gasteiger partial charge >= 0.3 is 379 Å². The van der Waals surface area contributed by atoms with E-state index in [0.29, 0.717) is 23.5 Å². The van der Waals surface area contributed by atoms with E-state index in [2.05, 4.69) is 58.9 Å². The summed E-state index contributed by atoms with van der Waals surface area (Å²) in [5, 5.41) is -0.117. The third kappa shape index (κ3) is 10.8. The van der Waals surface area contributed by atoms with Crippen LogP contribution in [0.3, 0.4) is 0 Å². The van der Waals surface area contributed by atoms with Crippen LogP contribution in [0.15, 0.2) is 117 Å². The summed E-state index contributed by atoms with van der Waals surface area (Å²) >= 11 is 3.17. The van der Waals surface area contributed by atoms with Gasteiger partial charge in [0.25, 0.3) is 0 Å². The first-order valence-electron chi connectivity index (χ1n) is 21.7. The number of rotatable bonds is 17. The van der Waals surface area contributed by atoms with Crippen molar-refractivity contribution >= 4 is 29.4 Å². The van der Waals surface area contributed by atoms with Crippen molar-refractivity contribution in [2.45, 2.75) is 101 Å². The molecule has 0 bridgehead atoms. The van der Waals surface area contributed by atoms with Crippen LogP contribution in [-0.2, 0) is 33.3 Å². The van der Waals surface area contributed by atoms with Crippen LogP contribution in [0.4, 0.5) is 0 Å². The SMILES string of the molecule is COc1ccc(C(OC[C@H]2O[C@@H](n3ccc(=O)[nH]c3=O)C[C@@H]2OP(C)(=[Se])OC[C@H]2O[C@@H](n3cc(C)c(=O)[nH]c3=O)C[C@@H]2O[Si](C)(C)C(C)(C)C)(c2ccccc2)c2ccc(OC)cc2)cc1. The van der Waals surface area contributed by atoms with E-state index in [9.17, 15) is 19.2 Å². The monoisotopic (exact) mass is 1010 g/mol. The molecule has 0 radical (unpaired) electrons. The summed E-state index contributed by atoms with van der Waals surface area (Å²) in [6.45, 7) is 14.3. The number of methoxy groups -OCH3 is 2. The molecule has 2 aliphatic rings. The molecule has 2 aliphatic heterocycles. The molecule has 66 heavy (non-hydrogen) atoms. The van der Waals surface area contributed by atoms with Crippen LogP contribution < -0.4 is 32.0 Å². The fourth-order valence-electron chi connectivity index (χ4n) is 8.05. The molecular weight excluding hydrogens is 951 g/mol. The third-order valence-electron chi connectivity index (χ3n) is 12.7. The number of nitrogens with zero attached hydrogens (tertiary/aromatic N) is 2. The Kier molecular flexibility index (Phi) is 15.0. The van der Waals surface area contributed by atoms with Gasteiger partial charge in [-0.05, 0) is 0 Å². The average molecular weight is 1010 g/mol. The second kappa shape index (κ2) is 20.0. The maximum absolute atomic E-state index is 13.2. The zero-order valence-electron chi connectivity index (χ0n) is 38.7. The van der Waals surface area contributed by atoms with Crippen LogP contribution in [0.1, 0.15) is 68.3 Å². The molecule has 0 spiro atoms. The second-order valence-electron chi connectivity index (χ2n) is 18.2. The van der Waals surface area contributed by atoms with Crippen molar-refractivity contribution in [3.05, 3.63) is 161 Å². The molecular formula is C47H59N4O12PSeSi. The number of aromatic nitrogens is 4. The summed E-state index contributed by atoms with van der Waals surface area (Å²) in [7, 11) is 0.879. The molecule has 4 heterocycles. The molecule has 7 atom stereocenters. The van der Waals surface area contributed by atoms with Crippen molar-refractivity contribution in [3.8, 4) is 11.5 Å². The molecule has 5 aromatic rings. The Morgan fingerprint density at radius 3 is 1.83 bits per heavy atom. The van der Waals surface area contributed by atoms with E-state index in [1.807, 2.05) is 85.5 Å². The van der Waals surface area contributed by atoms with E-state index in [1.54, 1.807) is 21.1 Å². The van der Waals surface area contributed by atoms with Gasteiger partial charge in [0, 0.05) is 0 Å². The van der Waals surface area contributed by atoms with Gasteiger partial charge in [0.1, 0.15) is 0 Å². The normalized spacial score (nSPS) is 22.3. The van der Waals surface area contributed by atoms with Crippen molar-refractivity contribution in [1.29, 1.82) is 0 Å². The average Bonchev–Trinajstić information content (AvgIpc) is 3.87. The number of hydrogen-bond donors (Lipinski definition) is 2. The van der Waals surface area contributed by atoms with Crippen LogP contribution in [0.25, 0.3) is 0 Å². The summed E-state index contributed by atoms with van der Waals surface area (Å²) in [6, 6.07) is 26.5. The molecule has 2 saturated heterocycles. The van der Waals surface area contributed by atoms with Crippen LogP contribution >= 0.6 is 5.96 Å². The predicted molar refractivity (Wildman–Crippen MR) is 254 cm³/mol. The Labute approximate surface area is 392 Å². The van der Waals surface area contributed by atoms with E-state index in [0.717, 1.165) is 16.7 Å². The number of benzene rings is 3. The predicted octanol–water partition coefficient (Wildman–Crippen LogP) is 6.35. The maximum atomic E-state index is 13.2. The molecule has 0 aliphatic carbocycles. The van der Waals surface area contributed by atoms with Gasteiger partial charge in [-0.15, -0.1) is 0 Å². The molecule has 2 aromatic heterocycles. The number of aromatic amines is 2. The summed E-state index contributed by atoms with van der Waals surface area (Å²) in [4.78, 5) is 55.3. The number of H-pyrrole nitrogens is 2. The van der Waals surface area contributed by atoms with E-state index >= 15 is 0 Å². The zero-order valence-corrected chi connectivity index (χ0v) is 42.3. The number of ether oxygens (including phenoxy) is 5. The molecule has 19 heteroatoms. The molecule has 16 nitrogen and oxygen atoms in total. The Hall–Kier alpha value is -4.45. The van der Waals surface area contributed by atoms with Crippen LogP contribution in [0.5, 0.6) is 11.5 Å². The minimum absolute atomic E-state index is 0.0184. The fourth-order valence-corrected chi connectivity index (χ4v) is 11.7. The molecule has 3 aromatic carbocycles. The van der Waals surface area contributed by atoms with Gasteiger partial charge in [-0.25, -0.2) is 0 Å². The molecule has 2 fully saturated rings. The Morgan fingerprint density at radius 1 is 0.742 bits per heavy atom. The third-order valence-corrected chi connectivity index (χ3v) is 19.6. The molecule has 2 N–H and O–H groups in total. The minimum atomic E-state index is -2.88. The molecule has 354 valence electrons. The van der Waals surface area contributed by atoms with Crippen molar-refractivity contribution < 1.29 is 37.2 Å². The first-order valence-corrected chi connectivity index (χ1v) is 28.9. The number of aryl methyl sites for hydroxylation is 1. The Morgan fingerprint density at radius 2 is 1.27 bits per heavy atom. The van der Waals surface area contributed by atoms with Crippen molar-refractivity contribution in [2.75, 3.05) is 34.1 Å². The van der Waals surface area contributed by atoms with Gasteiger partial charge in [-0.2, -0.15) is 0 Å². The molecule has 0 saturated carbocycles. The molecule has 0 amide bonds. The topological polar surface area (TPSA) is 184 Å². The van der Waals surface area contributed by atoms with Crippen molar-refractivity contribution in [3.63, 3.8) is 0 Å². The van der Waals surface area contributed by atoms with Crippen LogP contribution in [0, 0.1) is 6.92 Å². The van der Waals surface area contributed by atoms with Gasteiger partial charge in [-0.3, -0.25) is 0 Å². The van der Waals surface area contributed by atoms with Gasteiger partial charge in [0.15, 0.2) is 0 Å². The summed E-state index contributed by atoms with van der Waals surface area (Å²) in [5.41, 5.74) is -0.520. The fraction of sp³-hybridized carbons (Fsp3) is 0.447. The van der Waals surface area contributed by atoms with Gasteiger partial charge in [-0.1, -0.05) is 0 Å². The van der Waals surface area contributed by atoms with Crippen molar-refractivity contribution in [1.82, 2.24) is 19.1 Å². The van der Waals surface area contributed by atoms with Crippen molar-refractivity contribution in [2.24, 2.45) is 0 Å². The number of nitrogens with one attached hydrogen (secondary N) is 2. The van der Waals surface area contributed by atoms with E-state index in [1.165, 1.54) is 27.6 Å². The zero-order chi connectivity index (χ0) is 47.6. The molecule has 7 rings (SSSR count). The quantitative estimate of drug-likeness (QED) is 0.0599. The summed E-state index contributed by atoms with van der Waals surface area (Å²) in [6.07, 6.45) is -0.570. The first-order chi connectivity index (χ1) is 31.2. The standard InChI is InChI=1S/C47H59N4O12PSeSi/c1-30-27-51(45(55)49-43(30)53)42-26-37(63-66(8,9)46(2,3)4)39(61-42)29-59-64(7,65)62-36-25-41(50-24-23-40(52)48-44(50)54)60-38(36)28-58-47(31-13-11-10-12-14-31,32-15-19-34(56-5)20-16-32)33-17-21-35(57-6)22-18-33/h10-24,27,36-39,41-42H,25-26,28-29H2,1-9H3,(H,48,52,54)(H,49,53,55)/t36-,37-,38+,39+,41+,42+,64?/m0/s1. The first kappa shape index (κ1) is 49.5. The Balaban J connectivity index is 1.20.